The molecule has 0 unspecified atom stereocenters. The van der Waals surface area contributed by atoms with Crippen molar-refractivity contribution in [3.8, 4) is 0 Å². The molecule has 26 heavy (non-hydrogen) atoms. The molecule has 8 heteroatoms. The first-order valence-corrected chi connectivity index (χ1v) is 9.90. The minimum atomic E-state index is -3.50. The van der Waals surface area contributed by atoms with Crippen molar-refractivity contribution in [2.75, 3.05) is 27.2 Å². The van der Waals surface area contributed by atoms with E-state index in [9.17, 15) is 8.42 Å². The van der Waals surface area contributed by atoms with Crippen LogP contribution in [0.15, 0.2) is 52.5 Å². The van der Waals surface area contributed by atoms with E-state index in [4.69, 9.17) is 0 Å². The number of nitrogens with one attached hydrogen (secondary N) is 2. The van der Waals surface area contributed by atoms with Crippen LogP contribution in [0.5, 0.6) is 0 Å². The summed E-state index contributed by atoms with van der Waals surface area (Å²) in [6.45, 7) is 3.34. The maximum Gasteiger partial charge on any atom is 0.240 e. The van der Waals surface area contributed by atoms with Gasteiger partial charge < -0.3 is 14.8 Å². The molecule has 0 saturated heterocycles. The van der Waals surface area contributed by atoms with Crippen molar-refractivity contribution < 1.29 is 8.42 Å². The molecule has 0 aliphatic rings. The van der Waals surface area contributed by atoms with Gasteiger partial charge in [0.05, 0.1) is 11.4 Å². The second-order valence-electron chi connectivity index (χ2n) is 6.15. The molecule has 0 bridgehead atoms. The lowest BCUT2D eigenvalue weighted by Crippen LogP contribution is -2.42. The van der Waals surface area contributed by atoms with Crippen molar-refractivity contribution in [3.63, 3.8) is 0 Å². The Kier molecular flexibility index (Phi) is 6.82. The van der Waals surface area contributed by atoms with E-state index in [1.165, 1.54) is 0 Å². The molecular weight excluding hydrogens is 350 g/mol. The Hall–Kier alpha value is -2.32. The van der Waals surface area contributed by atoms with Gasteiger partial charge in [-0.05, 0) is 31.2 Å². The Labute approximate surface area is 155 Å². The summed E-state index contributed by atoms with van der Waals surface area (Å²) in [5, 5.41) is 3.17. The van der Waals surface area contributed by atoms with E-state index in [0.29, 0.717) is 19.0 Å². The second kappa shape index (κ2) is 8.86. The first kappa shape index (κ1) is 20.0. The minimum absolute atomic E-state index is 0.271. The van der Waals surface area contributed by atoms with Gasteiger partial charge in [-0.25, -0.2) is 13.1 Å². The molecule has 0 saturated carbocycles. The number of hydrogen-bond donors (Lipinski definition) is 2. The van der Waals surface area contributed by atoms with Crippen LogP contribution in [0, 0.1) is 6.92 Å². The molecule has 142 valence electrons. The van der Waals surface area contributed by atoms with Gasteiger partial charge >= 0.3 is 0 Å². The summed E-state index contributed by atoms with van der Waals surface area (Å²) in [6, 6.07) is 10.8. The van der Waals surface area contributed by atoms with Gasteiger partial charge in [0.15, 0.2) is 5.96 Å². The SMILES string of the molecule is CN=C(NCCNS(=O)(=O)c1ccc(C)cc1)N(C)Cc1cccn1C. The first-order chi connectivity index (χ1) is 12.3. The molecule has 1 aromatic heterocycles. The number of sulfonamides is 1. The molecule has 1 aromatic carbocycles. The van der Waals surface area contributed by atoms with Crippen molar-refractivity contribution in [2.24, 2.45) is 12.0 Å². The third-order valence-electron chi connectivity index (χ3n) is 4.06. The van der Waals surface area contributed by atoms with Crippen LogP contribution in [0.2, 0.25) is 0 Å². The van der Waals surface area contributed by atoms with Gasteiger partial charge in [-0.2, -0.15) is 0 Å². The molecule has 0 amide bonds. The van der Waals surface area contributed by atoms with Crippen LogP contribution in [0.25, 0.3) is 0 Å². The number of benzene rings is 1. The fraction of sp³-hybridized carbons (Fsp3) is 0.389. The van der Waals surface area contributed by atoms with Gasteiger partial charge in [0.1, 0.15) is 0 Å². The van der Waals surface area contributed by atoms with Crippen molar-refractivity contribution in [3.05, 3.63) is 53.9 Å². The lowest BCUT2D eigenvalue weighted by atomic mass is 10.2. The van der Waals surface area contributed by atoms with Crippen LogP contribution in [-0.2, 0) is 23.6 Å². The van der Waals surface area contributed by atoms with Crippen LogP contribution >= 0.6 is 0 Å². The maximum atomic E-state index is 12.3. The van der Waals surface area contributed by atoms with Crippen LogP contribution in [0.3, 0.4) is 0 Å². The first-order valence-electron chi connectivity index (χ1n) is 8.42. The number of hydrogen-bond acceptors (Lipinski definition) is 3. The zero-order valence-electron chi connectivity index (χ0n) is 15.7. The van der Waals surface area contributed by atoms with Gasteiger partial charge in [0, 0.05) is 46.1 Å². The summed E-state index contributed by atoms with van der Waals surface area (Å²) >= 11 is 0. The highest BCUT2D eigenvalue weighted by atomic mass is 32.2. The highest BCUT2D eigenvalue weighted by molar-refractivity contribution is 7.89. The van der Waals surface area contributed by atoms with E-state index in [1.807, 2.05) is 38.2 Å². The Morgan fingerprint density at radius 2 is 1.88 bits per heavy atom. The van der Waals surface area contributed by atoms with Gasteiger partial charge in [-0.15, -0.1) is 0 Å². The van der Waals surface area contributed by atoms with Gasteiger partial charge in [-0.3, -0.25) is 4.99 Å². The summed E-state index contributed by atoms with van der Waals surface area (Å²) < 4.78 is 29.2. The number of aromatic nitrogens is 1. The molecule has 0 aliphatic carbocycles. The Morgan fingerprint density at radius 1 is 1.19 bits per heavy atom. The molecule has 0 spiro atoms. The molecular formula is C18H27N5O2S. The zero-order chi connectivity index (χ0) is 19.2. The zero-order valence-corrected chi connectivity index (χ0v) is 16.5. The quantitative estimate of drug-likeness (QED) is 0.433. The number of aliphatic imine (C=N–C) groups is 1. The van der Waals surface area contributed by atoms with Crippen LogP contribution < -0.4 is 10.0 Å². The van der Waals surface area contributed by atoms with Gasteiger partial charge in [0.25, 0.3) is 0 Å². The Bertz CT molecular complexity index is 841. The number of guanidine groups is 1. The van der Waals surface area contributed by atoms with Gasteiger partial charge in [0.2, 0.25) is 10.0 Å². The van der Waals surface area contributed by atoms with Crippen molar-refractivity contribution >= 4 is 16.0 Å². The number of rotatable bonds is 7. The maximum absolute atomic E-state index is 12.3. The molecule has 2 rings (SSSR count). The van der Waals surface area contributed by atoms with E-state index in [1.54, 1.807) is 31.3 Å². The minimum Gasteiger partial charge on any atom is -0.355 e. The summed E-state index contributed by atoms with van der Waals surface area (Å²) in [6.07, 6.45) is 2.00. The summed E-state index contributed by atoms with van der Waals surface area (Å²) in [5.41, 5.74) is 2.19. The standard InChI is InChI=1S/C18H27N5O2S/c1-15-7-9-17(10-8-15)26(24,25)21-12-11-20-18(19-2)23(4)14-16-6-5-13-22(16)3/h5-10,13,21H,11-12,14H2,1-4H3,(H,19,20). The van der Waals surface area contributed by atoms with Crippen LogP contribution in [-0.4, -0.2) is 51.0 Å². The summed E-state index contributed by atoms with van der Waals surface area (Å²) in [7, 11) is 2.16. The molecule has 0 fully saturated rings. The van der Waals surface area contributed by atoms with Crippen molar-refractivity contribution in [1.29, 1.82) is 0 Å². The van der Waals surface area contributed by atoms with E-state index in [0.717, 1.165) is 11.3 Å². The number of aryl methyl sites for hydroxylation is 2. The topological polar surface area (TPSA) is 78.7 Å². The van der Waals surface area contributed by atoms with E-state index in [-0.39, 0.29) is 11.4 Å². The third-order valence-corrected chi connectivity index (χ3v) is 5.53. The van der Waals surface area contributed by atoms with E-state index in [2.05, 4.69) is 25.7 Å². The summed E-state index contributed by atoms with van der Waals surface area (Å²) in [5.74, 6) is 0.709. The monoisotopic (exact) mass is 377 g/mol. The Morgan fingerprint density at radius 3 is 2.46 bits per heavy atom. The molecule has 7 nitrogen and oxygen atoms in total. The van der Waals surface area contributed by atoms with E-state index < -0.39 is 10.0 Å². The molecule has 0 atom stereocenters. The lowest BCUT2D eigenvalue weighted by molar-refractivity contribution is 0.462. The fourth-order valence-corrected chi connectivity index (χ4v) is 3.56. The molecule has 0 radical (unpaired) electrons. The predicted molar refractivity (Wildman–Crippen MR) is 105 cm³/mol. The number of nitrogens with zero attached hydrogens (tertiary/aromatic N) is 3. The fourth-order valence-electron chi connectivity index (χ4n) is 2.52. The van der Waals surface area contributed by atoms with Crippen molar-refractivity contribution in [1.82, 2.24) is 19.5 Å². The normalized spacial score (nSPS) is 12.2. The highest BCUT2D eigenvalue weighted by Crippen LogP contribution is 2.09. The average Bonchev–Trinajstić information content (AvgIpc) is 3.00. The Balaban J connectivity index is 1.83. The molecule has 2 N–H and O–H groups in total. The second-order valence-corrected chi connectivity index (χ2v) is 7.92. The largest absolute Gasteiger partial charge is 0.355 e. The summed E-state index contributed by atoms with van der Waals surface area (Å²) in [4.78, 5) is 6.51. The van der Waals surface area contributed by atoms with Crippen LogP contribution in [0.4, 0.5) is 0 Å². The molecule has 2 aromatic rings. The molecule has 0 aliphatic heterocycles. The predicted octanol–water partition coefficient (Wildman–Crippen LogP) is 1.32. The highest BCUT2D eigenvalue weighted by Gasteiger charge is 2.13. The van der Waals surface area contributed by atoms with E-state index >= 15 is 0 Å². The van der Waals surface area contributed by atoms with Crippen LogP contribution in [0.1, 0.15) is 11.3 Å². The molecule has 1 heterocycles. The van der Waals surface area contributed by atoms with Crippen molar-refractivity contribution in [2.45, 2.75) is 18.4 Å². The third kappa shape index (κ3) is 5.34. The lowest BCUT2D eigenvalue weighted by Gasteiger charge is -2.22. The van der Waals surface area contributed by atoms with Gasteiger partial charge in [-0.1, -0.05) is 17.7 Å². The average molecular weight is 378 g/mol. The smallest absolute Gasteiger partial charge is 0.240 e.